The van der Waals surface area contributed by atoms with E-state index in [1.54, 1.807) is 25.4 Å². The van der Waals surface area contributed by atoms with Gasteiger partial charge in [-0.3, -0.25) is 0 Å². The van der Waals surface area contributed by atoms with Gasteiger partial charge >= 0.3 is 0 Å². The van der Waals surface area contributed by atoms with Gasteiger partial charge in [0.2, 0.25) is 0 Å². The highest BCUT2D eigenvalue weighted by Gasteiger charge is 2.09. The summed E-state index contributed by atoms with van der Waals surface area (Å²) < 4.78 is 18.2. The first-order valence-electron chi connectivity index (χ1n) is 7.42. The van der Waals surface area contributed by atoms with Gasteiger partial charge < -0.3 is 10.1 Å². The number of hydrogen-bond donors (Lipinski definition) is 1. The molecule has 124 valence electrons. The van der Waals surface area contributed by atoms with Gasteiger partial charge in [-0.05, 0) is 36.4 Å². The van der Waals surface area contributed by atoms with Gasteiger partial charge in [0.25, 0.3) is 0 Å². The number of methoxy groups -OCH3 is 1. The number of allylic oxidation sites excluding steroid dienone is 1. The Hall–Kier alpha value is -3.17. The molecule has 0 atom stereocenters. The van der Waals surface area contributed by atoms with Crippen molar-refractivity contribution in [2.45, 2.75) is 0 Å². The van der Waals surface area contributed by atoms with Gasteiger partial charge in [0.15, 0.2) is 0 Å². The number of nitrogens with zero attached hydrogens (tertiary/aromatic N) is 2. The molecule has 0 saturated carbocycles. The quantitative estimate of drug-likeness (QED) is 0.662. The summed E-state index contributed by atoms with van der Waals surface area (Å²) in [6, 6.07) is 15.7. The van der Waals surface area contributed by atoms with E-state index >= 15 is 0 Å². The second-order valence-electron chi connectivity index (χ2n) is 5.09. The van der Waals surface area contributed by atoms with Crippen LogP contribution < -0.4 is 10.1 Å². The lowest BCUT2D eigenvalue weighted by Gasteiger charge is -2.04. The molecule has 3 rings (SSSR count). The van der Waals surface area contributed by atoms with Crippen molar-refractivity contribution in [2.75, 3.05) is 12.4 Å². The fourth-order valence-electron chi connectivity index (χ4n) is 2.16. The molecule has 4 nitrogen and oxygen atoms in total. The Morgan fingerprint density at radius 3 is 2.80 bits per heavy atom. The van der Waals surface area contributed by atoms with Crippen molar-refractivity contribution < 1.29 is 9.13 Å². The molecule has 0 amide bonds. The summed E-state index contributed by atoms with van der Waals surface area (Å²) in [7, 11) is 1.60. The molecule has 3 aromatic rings. The van der Waals surface area contributed by atoms with Gasteiger partial charge in [-0.15, -0.1) is 11.3 Å². The number of nitriles is 1. The number of benzene rings is 2. The molecule has 6 heteroatoms. The Balaban J connectivity index is 1.81. The second-order valence-corrected chi connectivity index (χ2v) is 5.95. The summed E-state index contributed by atoms with van der Waals surface area (Å²) in [5, 5.41) is 14.9. The van der Waals surface area contributed by atoms with E-state index in [1.165, 1.54) is 23.5 Å². The average Bonchev–Trinajstić information content (AvgIpc) is 3.13. The molecule has 1 heterocycles. The fraction of sp³-hybridized carbons (Fsp3) is 0.0526. The van der Waals surface area contributed by atoms with E-state index < -0.39 is 0 Å². The lowest BCUT2D eigenvalue weighted by Crippen LogP contribution is -1.92. The molecule has 0 aliphatic carbocycles. The van der Waals surface area contributed by atoms with E-state index in [4.69, 9.17) is 4.74 Å². The summed E-state index contributed by atoms with van der Waals surface area (Å²) in [5.41, 5.74) is 2.74. The Morgan fingerprint density at radius 1 is 1.28 bits per heavy atom. The van der Waals surface area contributed by atoms with Crippen LogP contribution in [0.1, 0.15) is 5.01 Å². The van der Waals surface area contributed by atoms with Gasteiger partial charge in [-0.2, -0.15) is 5.26 Å². The first-order chi connectivity index (χ1) is 12.2. The number of nitrogens with one attached hydrogen (secondary N) is 1. The van der Waals surface area contributed by atoms with E-state index in [0.717, 1.165) is 17.0 Å². The van der Waals surface area contributed by atoms with Crippen molar-refractivity contribution in [1.29, 1.82) is 5.26 Å². The minimum Gasteiger partial charge on any atom is -0.497 e. The van der Waals surface area contributed by atoms with Gasteiger partial charge in [0, 0.05) is 28.9 Å². The monoisotopic (exact) mass is 351 g/mol. The highest BCUT2D eigenvalue weighted by Crippen LogP contribution is 2.26. The number of hydrogen-bond acceptors (Lipinski definition) is 5. The Labute approximate surface area is 148 Å². The van der Waals surface area contributed by atoms with Gasteiger partial charge in [-0.1, -0.05) is 6.07 Å². The number of aromatic nitrogens is 1. The SMILES string of the molecule is COc1cccc(N/C=C(\C#N)c2nc(-c3ccc(F)cc3)cs2)c1. The van der Waals surface area contributed by atoms with Crippen molar-refractivity contribution in [3.63, 3.8) is 0 Å². The summed E-state index contributed by atoms with van der Waals surface area (Å²) in [4.78, 5) is 4.47. The predicted molar refractivity (Wildman–Crippen MR) is 97.7 cm³/mol. The second kappa shape index (κ2) is 7.60. The molecule has 0 spiro atoms. The molecule has 2 aromatic carbocycles. The van der Waals surface area contributed by atoms with E-state index in [1.807, 2.05) is 29.6 Å². The fourth-order valence-corrected chi connectivity index (χ4v) is 2.96. The van der Waals surface area contributed by atoms with E-state index in [-0.39, 0.29) is 5.82 Å². The Bertz CT molecular complexity index is 942. The van der Waals surface area contributed by atoms with Crippen LogP contribution in [0.2, 0.25) is 0 Å². The first-order valence-corrected chi connectivity index (χ1v) is 8.30. The van der Waals surface area contributed by atoms with Crippen LogP contribution in [0.3, 0.4) is 0 Å². The van der Waals surface area contributed by atoms with E-state index in [9.17, 15) is 9.65 Å². The molecule has 0 aliphatic heterocycles. The molecule has 0 aliphatic rings. The molecule has 0 fully saturated rings. The summed E-state index contributed by atoms with van der Waals surface area (Å²) in [6.45, 7) is 0. The van der Waals surface area contributed by atoms with Crippen LogP contribution in [0, 0.1) is 17.1 Å². The minimum absolute atomic E-state index is 0.292. The minimum atomic E-state index is -0.292. The van der Waals surface area contributed by atoms with Gasteiger partial charge in [-0.25, -0.2) is 9.37 Å². The molecule has 1 aromatic heterocycles. The molecular weight excluding hydrogens is 337 g/mol. The number of ether oxygens (including phenoxy) is 1. The molecule has 0 unspecified atom stereocenters. The number of thiazole rings is 1. The van der Waals surface area contributed by atoms with Gasteiger partial charge in [0.05, 0.1) is 12.8 Å². The number of anilines is 1. The lowest BCUT2D eigenvalue weighted by molar-refractivity contribution is 0.415. The first kappa shape index (κ1) is 16.7. The molecule has 25 heavy (non-hydrogen) atoms. The van der Waals surface area contributed by atoms with Crippen molar-refractivity contribution in [3.8, 4) is 23.1 Å². The standard InChI is InChI=1S/C19H14FN3OS/c1-24-17-4-2-3-16(9-17)22-11-14(10-21)19-23-18(12-25-19)13-5-7-15(20)8-6-13/h2-9,11-12,22H,1H3/b14-11+. The van der Waals surface area contributed by atoms with E-state index in [2.05, 4.69) is 16.4 Å². The van der Waals surface area contributed by atoms with Crippen molar-refractivity contribution in [3.05, 3.63) is 70.9 Å². The third-order valence-electron chi connectivity index (χ3n) is 3.45. The Morgan fingerprint density at radius 2 is 2.08 bits per heavy atom. The molecular formula is C19H14FN3OS. The summed E-state index contributed by atoms with van der Waals surface area (Å²) in [5.74, 6) is 0.434. The molecule has 0 saturated heterocycles. The number of halogens is 1. The Kier molecular flexibility index (Phi) is 5.07. The largest absolute Gasteiger partial charge is 0.497 e. The third kappa shape index (κ3) is 4.03. The van der Waals surface area contributed by atoms with Crippen LogP contribution >= 0.6 is 11.3 Å². The third-order valence-corrected chi connectivity index (χ3v) is 4.32. The normalized spacial score (nSPS) is 11.0. The topological polar surface area (TPSA) is 57.9 Å². The summed E-state index contributed by atoms with van der Waals surface area (Å²) >= 11 is 1.36. The van der Waals surface area contributed by atoms with Gasteiger partial charge in [0.1, 0.15) is 28.2 Å². The van der Waals surface area contributed by atoms with Crippen LogP contribution in [0.5, 0.6) is 5.75 Å². The average molecular weight is 351 g/mol. The highest BCUT2D eigenvalue weighted by molar-refractivity contribution is 7.11. The van der Waals surface area contributed by atoms with Crippen LogP contribution in [-0.4, -0.2) is 12.1 Å². The van der Waals surface area contributed by atoms with Crippen molar-refractivity contribution >= 4 is 22.6 Å². The smallest absolute Gasteiger partial charge is 0.136 e. The summed E-state index contributed by atoms with van der Waals surface area (Å²) in [6.07, 6.45) is 1.61. The van der Waals surface area contributed by atoms with E-state index in [0.29, 0.717) is 16.3 Å². The van der Waals surface area contributed by atoms with Crippen molar-refractivity contribution in [2.24, 2.45) is 0 Å². The van der Waals surface area contributed by atoms with Crippen LogP contribution in [0.4, 0.5) is 10.1 Å². The zero-order valence-corrected chi connectivity index (χ0v) is 14.2. The maximum atomic E-state index is 13.0. The highest BCUT2D eigenvalue weighted by atomic mass is 32.1. The van der Waals surface area contributed by atoms with Crippen molar-refractivity contribution in [1.82, 2.24) is 4.98 Å². The molecule has 1 N–H and O–H groups in total. The zero-order chi connectivity index (χ0) is 17.6. The maximum Gasteiger partial charge on any atom is 0.136 e. The predicted octanol–water partition coefficient (Wildman–Crippen LogP) is 4.93. The number of rotatable bonds is 5. The van der Waals surface area contributed by atoms with Crippen LogP contribution in [0.15, 0.2) is 60.1 Å². The van der Waals surface area contributed by atoms with Crippen LogP contribution in [0.25, 0.3) is 16.8 Å². The zero-order valence-electron chi connectivity index (χ0n) is 13.4. The van der Waals surface area contributed by atoms with Crippen LogP contribution in [-0.2, 0) is 0 Å². The molecule has 0 bridgehead atoms. The molecule has 0 radical (unpaired) electrons. The lowest BCUT2D eigenvalue weighted by atomic mass is 10.2. The maximum absolute atomic E-state index is 13.0.